The van der Waals surface area contributed by atoms with Crippen molar-refractivity contribution in [3.8, 4) is 11.4 Å². The second kappa shape index (κ2) is 8.99. The summed E-state index contributed by atoms with van der Waals surface area (Å²) in [6.07, 6.45) is 0.176. The summed E-state index contributed by atoms with van der Waals surface area (Å²) in [6, 6.07) is 4.44. The molecule has 1 aromatic carbocycles. The van der Waals surface area contributed by atoms with Gasteiger partial charge in [-0.2, -0.15) is 23.4 Å². The maximum absolute atomic E-state index is 14.5. The maximum Gasteiger partial charge on any atom is 0.419 e. The van der Waals surface area contributed by atoms with Gasteiger partial charge in [0.1, 0.15) is 28.6 Å². The maximum atomic E-state index is 14.5. The van der Waals surface area contributed by atoms with Gasteiger partial charge in [0.05, 0.1) is 18.2 Å². The van der Waals surface area contributed by atoms with Crippen molar-refractivity contribution in [2.75, 3.05) is 18.8 Å². The Bertz CT molecular complexity index is 1440. The quantitative estimate of drug-likeness (QED) is 0.373. The van der Waals surface area contributed by atoms with Gasteiger partial charge < -0.3 is 16.4 Å². The summed E-state index contributed by atoms with van der Waals surface area (Å²) in [4.78, 5) is 26.0. The Morgan fingerprint density at radius 1 is 1.21 bits per heavy atom. The fourth-order valence-corrected chi connectivity index (χ4v) is 5.52. The molecule has 9 nitrogen and oxygen atoms in total. The van der Waals surface area contributed by atoms with Crippen LogP contribution in [0.5, 0.6) is 0 Å². The van der Waals surface area contributed by atoms with E-state index in [1.54, 1.807) is 9.58 Å². The molecular weight excluding hydrogens is 506 g/mol. The van der Waals surface area contributed by atoms with Crippen molar-refractivity contribution >= 4 is 17.6 Å². The van der Waals surface area contributed by atoms with Crippen molar-refractivity contribution in [3.63, 3.8) is 0 Å². The van der Waals surface area contributed by atoms with Crippen LogP contribution in [0.15, 0.2) is 43.1 Å². The zero-order chi connectivity index (χ0) is 27.4. The molecule has 2 aliphatic rings. The van der Waals surface area contributed by atoms with Crippen LogP contribution in [0, 0.1) is 11.2 Å². The van der Waals surface area contributed by atoms with Crippen LogP contribution in [0.2, 0.25) is 0 Å². The molecule has 0 bridgehead atoms. The molecule has 1 spiro atoms. The van der Waals surface area contributed by atoms with Gasteiger partial charge in [0.2, 0.25) is 5.91 Å². The molecule has 200 valence electrons. The van der Waals surface area contributed by atoms with E-state index in [4.69, 9.17) is 11.5 Å². The smallest absolute Gasteiger partial charge is 0.383 e. The number of hydrogen-bond acceptors (Lipinski definition) is 5. The summed E-state index contributed by atoms with van der Waals surface area (Å²) >= 11 is 0. The first-order valence-electron chi connectivity index (χ1n) is 11.9. The van der Waals surface area contributed by atoms with Gasteiger partial charge in [-0.25, -0.2) is 9.07 Å². The van der Waals surface area contributed by atoms with Crippen LogP contribution in [0.1, 0.15) is 46.8 Å². The van der Waals surface area contributed by atoms with Gasteiger partial charge in [-0.1, -0.05) is 18.7 Å². The minimum atomic E-state index is -4.83. The Kier molecular flexibility index (Phi) is 6.03. The van der Waals surface area contributed by atoms with Gasteiger partial charge >= 0.3 is 6.18 Å². The number of benzene rings is 1. The van der Waals surface area contributed by atoms with Crippen LogP contribution in [-0.2, 0) is 17.5 Å². The van der Waals surface area contributed by atoms with E-state index < -0.39 is 23.5 Å². The number of primary amides is 1. The van der Waals surface area contributed by atoms with E-state index in [1.807, 2.05) is 0 Å². The van der Waals surface area contributed by atoms with Crippen molar-refractivity contribution in [2.45, 2.75) is 38.0 Å². The first-order chi connectivity index (χ1) is 17.9. The number of nitrogens with zero attached hydrogens (tertiary/aromatic N) is 5. The molecule has 1 saturated carbocycles. The zero-order valence-electron chi connectivity index (χ0n) is 20.2. The molecular formula is C25H25F4N7O2. The van der Waals surface area contributed by atoms with Crippen molar-refractivity contribution in [2.24, 2.45) is 11.1 Å². The highest BCUT2D eigenvalue weighted by Crippen LogP contribution is 2.54. The average Bonchev–Trinajstić information content (AvgIpc) is 3.55. The highest BCUT2D eigenvalue weighted by Gasteiger charge is 2.51. The van der Waals surface area contributed by atoms with Crippen LogP contribution >= 0.6 is 0 Å². The molecule has 5 rings (SSSR count). The van der Waals surface area contributed by atoms with Gasteiger partial charge in [0, 0.05) is 24.8 Å². The van der Waals surface area contributed by atoms with E-state index in [1.165, 1.54) is 29.1 Å². The predicted octanol–water partition coefficient (Wildman–Crippen LogP) is 3.37. The fourth-order valence-electron chi connectivity index (χ4n) is 5.52. The van der Waals surface area contributed by atoms with E-state index in [0.717, 1.165) is 12.5 Å². The molecule has 0 radical (unpaired) electrons. The molecule has 1 saturated heterocycles. The van der Waals surface area contributed by atoms with Crippen molar-refractivity contribution < 1.29 is 27.2 Å². The van der Waals surface area contributed by atoms with E-state index >= 15 is 0 Å². The number of nitrogen functional groups attached to an aromatic ring is 1. The fraction of sp³-hybridized carbons (Fsp3) is 0.360. The largest absolute Gasteiger partial charge is 0.419 e. The van der Waals surface area contributed by atoms with E-state index in [-0.39, 0.29) is 52.2 Å². The molecule has 13 heteroatoms. The summed E-state index contributed by atoms with van der Waals surface area (Å²) in [5.41, 5.74) is 10.6. The molecule has 1 aliphatic heterocycles. The van der Waals surface area contributed by atoms with E-state index in [2.05, 4.69) is 16.8 Å². The molecule has 3 aromatic rings. The molecule has 38 heavy (non-hydrogen) atoms. The number of hydrogen-bond donors (Lipinski definition) is 2. The topological polar surface area (TPSA) is 125 Å². The summed E-state index contributed by atoms with van der Waals surface area (Å²) < 4.78 is 56.5. The van der Waals surface area contributed by atoms with Crippen LogP contribution < -0.4 is 11.5 Å². The lowest BCUT2D eigenvalue weighted by Gasteiger charge is -2.45. The molecule has 1 aliphatic carbocycles. The highest BCUT2D eigenvalue weighted by atomic mass is 19.4. The van der Waals surface area contributed by atoms with E-state index in [0.29, 0.717) is 32.0 Å². The van der Waals surface area contributed by atoms with Crippen LogP contribution in [0.4, 0.5) is 23.4 Å². The van der Waals surface area contributed by atoms with Crippen molar-refractivity contribution in [1.29, 1.82) is 0 Å². The number of carbonyl (C=O) groups excluding carboxylic acids is 2. The Hall–Kier alpha value is -4.16. The molecule has 2 fully saturated rings. The van der Waals surface area contributed by atoms with Gasteiger partial charge in [0.15, 0.2) is 0 Å². The van der Waals surface area contributed by atoms with Crippen LogP contribution in [-0.4, -0.2) is 49.4 Å². The van der Waals surface area contributed by atoms with Gasteiger partial charge in [-0.3, -0.25) is 14.3 Å². The number of anilines is 1. The standard InChI is InChI=1S/C25H25F4N7O2/c1-2-18(37)34-9-7-24(13-34)10-15(11-24)36-22(30)19(23(31)38)21(33-36)17-6-8-35(32-17)12-14-4-3-5-16(20(14)26)25(27,28)29/h2-6,8,15H,1,7,9-13,30H2,(H2,31,38). The van der Waals surface area contributed by atoms with Gasteiger partial charge in [-0.15, -0.1) is 0 Å². The van der Waals surface area contributed by atoms with Crippen molar-refractivity contribution in [1.82, 2.24) is 24.5 Å². The minimum absolute atomic E-state index is 0.0173. The number of rotatable bonds is 6. The Labute approximate surface area is 214 Å². The number of likely N-dealkylation sites (tertiary alicyclic amines) is 1. The molecule has 0 atom stereocenters. The van der Waals surface area contributed by atoms with Gasteiger partial charge in [-0.05, 0) is 42.9 Å². The zero-order valence-corrected chi connectivity index (χ0v) is 20.2. The lowest BCUT2D eigenvalue weighted by molar-refractivity contribution is -0.140. The number of halogens is 4. The first-order valence-corrected chi connectivity index (χ1v) is 11.9. The monoisotopic (exact) mass is 531 g/mol. The first kappa shape index (κ1) is 25.5. The SMILES string of the molecule is C=CC(=O)N1CCC2(CC(n3nc(-c4ccn(Cc5cccc(C(F)(F)F)c5F)n4)c(C(N)=O)c3N)C2)C1. The molecule has 2 amide bonds. The predicted molar refractivity (Wildman–Crippen MR) is 129 cm³/mol. The lowest BCUT2D eigenvalue weighted by atomic mass is 9.65. The normalized spacial score (nSPS) is 21.1. The Morgan fingerprint density at radius 2 is 1.95 bits per heavy atom. The van der Waals surface area contributed by atoms with Crippen LogP contribution in [0.3, 0.4) is 0 Å². The second-order valence-electron chi connectivity index (χ2n) is 9.87. The lowest BCUT2D eigenvalue weighted by Crippen LogP contribution is -2.42. The third-order valence-electron chi connectivity index (χ3n) is 7.40. The molecule has 4 N–H and O–H groups in total. The molecule has 0 unspecified atom stereocenters. The number of amides is 2. The summed E-state index contributed by atoms with van der Waals surface area (Å²) in [7, 11) is 0. The Morgan fingerprint density at radius 3 is 2.61 bits per heavy atom. The van der Waals surface area contributed by atoms with E-state index in [9.17, 15) is 27.2 Å². The Balaban J connectivity index is 1.38. The second-order valence-corrected chi connectivity index (χ2v) is 9.87. The number of alkyl halides is 3. The number of carbonyl (C=O) groups is 2. The third-order valence-corrected chi connectivity index (χ3v) is 7.40. The van der Waals surface area contributed by atoms with Crippen LogP contribution in [0.25, 0.3) is 11.4 Å². The third kappa shape index (κ3) is 4.31. The summed E-state index contributed by atoms with van der Waals surface area (Å²) in [5, 5.41) is 8.82. The van der Waals surface area contributed by atoms with Gasteiger partial charge in [0.25, 0.3) is 5.91 Å². The number of aromatic nitrogens is 4. The van der Waals surface area contributed by atoms with Crippen molar-refractivity contribution in [3.05, 3.63) is 65.6 Å². The average molecular weight is 532 g/mol. The summed E-state index contributed by atoms with van der Waals surface area (Å²) in [6.45, 7) is 4.52. The minimum Gasteiger partial charge on any atom is -0.383 e. The summed E-state index contributed by atoms with van der Waals surface area (Å²) in [5.74, 6) is -2.20. The molecule has 3 heterocycles. The highest BCUT2D eigenvalue weighted by molar-refractivity contribution is 6.03. The molecule has 2 aromatic heterocycles. The number of nitrogens with two attached hydrogens (primary N) is 2.